The normalized spacial score (nSPS) is 11.4. The number of para-hydroxylation sites is 2. The molecule has 0 saturated heterocycles. The van der Waals surface area contributed by atoms with E-state index < -0.39 is 0 Å². The predicted octanol–water partition coefficient (Wildman–Crippen LogP) is 2.98. The smallest absolute Gasteiger partial charge is 0.224 e. The van der Waals surface area contributed by atoms with Crippen LogP contribution in [0, 0.1) is 0 Å². The van der Waals surface area contributed by atoms with E-state index in [1.54, 1.807) is 0 Å². The summed E-state index contributed by atoms with van der Waals surface area (Å²) in [5.74, 6) is 0.718. The number of nitrogens with one attached hydrogen (secondary N) is 1. The molecule has 0 aliphatic carbocycles. The van der Waals surface area contributed by atoms with E-state index in [0.717, 1.165) is 27.0 Å². The highest BCUT2D eigenvalue weighted by Gasteiger charge is 2.14. The molecule has 0 bridgehead atoms. The highest BCUT2D eigenvalue weighted by molar-refractivity contribution is 9.10. The molecule has 0 spiro atoms. The predicted molar refractivity (Wildman–Crippen MR) is 65.9 cm³/mol. The molecule has 5 heteroatoms. The molecule has 2 heterocycles. The maximum absolute atomic E-state index is 5.47. The Hall–Kier alpha value is -1.49. The number of fused-ring (bicyclic) bond motifs is 3. The Morgan fingerprint density at radius 1 is 1.44 bits per heavy atom. The van der Waals surface area contributed by atoms with Gasteiger partial charge in [-0.15, -0.1) is 0 Å². The summed E-state index contributed by atoms with van der Waals surface area (Å²) in [6.45, 7) is 2.58. The van der Waals surface area contributed by atoms with Crippen LogP contribution in [0.15, 0.2) is 28.7 Å². The minimum Gasteiger partial charge on any atom is -0.477 e. The largest absolute Gasteiger partial charge is 0.477 e. The zero-order valence-electron chi connectivity index (χ0n) is 8.70. The van der Waals surface area contributed by atoms with Gasteiger partial charge in [-0.1, -0.05) is 12.1 Å². The Kier molecular flexibility index (Phi) is 2.14. The van der Waals surface area contributed by atoms with E-state index in [4.69, 9.17) is 4.74 Å². The van der Waals surface area contributed by atoms with Crippen molar-refractivity contribution in [2.45, 2.75) is 6.92 Å². The molecule has 16 heavy (non-hydrogen) atoms. The number of ether oxygens (including phenoxy) is 1. The van der Waals surface area contributed by atoms with Crippen LogP contribution in [0.4, 0.5) is 0 Å². The molecule has 0 aliphatic heterocycles. The van der Waals surface area contributed by atoms with Crippen molar-refractivity contribution in [3.8, 4) is 5.88 Å². The van der Waals surface area contributed by atoms with Gasteiger partial charge in [0, 0.05) is 0 Å². The zero-order valence-corrected chi connectivity index (χ0v) is 10.3. The van der Waals surface area contributed by atoms with E-state index in [0.29, 0.717) is 6.61 Å². The summed E-state index contributed by atoms with van der Waals surface area (Å²) < 4.78 is 8.25. The number of aromatic amines is 1. The SMILES string of the molecule is CCOc1[nH]n2c(nc3ccccc32)c1Br. The maximum atomic E-state index is 5.47. The Balaban J connectivity index is 2.35. The second kappa shape index (κ2) is 3.52. The molecule has 0 atom stereocenters. The molecule has 1 aromatic carbocycles. The molecule has 1 N–H and O–H groups in total. The number of imidazole rings is 1. The minimum absolute atomic E-state index is 0.625. The molecule has 0 aliphatic rings. The Morgan fingerprint density at radius 3 is 3.06 bits per heavy atom. The van der Waals surface area contributed by atoms with Gasteiger partial charge in [0.15, 0.2) is 5.65 Å². The van der Waals surface area contributed by atoms with E-state index in [2.05, 4.69) is 26.0 Å². The molecule has 2 aromatic heterocycles. The maximum Gasteiger partial charge on any atom is 0.224 e. The van der Waals surface area contributed by atoms with Gasteiger partial charge >= 0.3 is 0 Å². The quantitative estimate of drug-likeness (QED) is 0.784. The second-order valence-corrected chi connectivity index (χ2v) is 4.24. The summed E-state index contributed by atoms with van der Waals surface area (Å²) in [6, 6.07) is 7.98. The van der Waals surface area contributed by atoms with E-state index in [9.17, 15) is 0 Å². The first kappa shape index (κ1) is 9.72. The molecule has 0 radical (unpaired) electrons. The molecular formula is C11H10BrN3O. The van der Waals surface area contributed by atoms with Crippen LogP contribution < -0.4 is 4.74 Å². The molecule has 0 unspecified atom stereocenters. The fraction of sp³-hybridized carbons (Fsp3) is 0.182. The van der Waals surface area contributed by atoms with Crippen molar-refractivity contribution in [3.63, 3.8) is 0 Å². The monoisotopic (exact) mass is 279 g/mol. The number of H-pyrrole nitrogens is 1. The first-order valence-electron chi connectivity index (χ1n) is 5.08. The average Bonchev–Trinajstić information content (AvgIpc) is 2.79. The van der Waals surface area contributed by atoms with Crippen molar-refractivity contribution in [1.82, 2.24) is 14.6 Å². The Bertz CT molecular complexity index is 656. The number of rotatable bonds is 2. The summed E-state index contributed by atoms with van der Waals surface area (Å²) in [5.41, 5.74) is 2.87. The van der Waals surface area contributed by atoms with Crippen LogP contribution in [-0.4, -0.2) is 21.2 Å². The summed E-state index contributed by atoms with van der Waals surface area (Å²) >= 11 is 3.49. The molecule has 4 nitrogen and oxygen atoms in total. The van der Waals surface area contributed by atoms with Crippen molar-refractivity contribution >= 4 is 32.6 Å². The third-order valence-electron chi connectivity index (χ3n) is 2.46. The second-order valence-electron chi connectivity index (χ2n) is 3.45. The van der Waals surface area contributed by atoms with Gasteiger partial charge < -0.3 is 4.74 Å². The van der Waals surface area contributed by atoms with Crippen molar-refractivity contribution < 1.29 is 4.74 Å². The fourth-order valence-electron chi connectivity index (χ4n) is 1.78. The van der Waals surface area contributed by atoms with Crippen molar-refractivity contribution in [2.75, 3.05) is 6.61 Å². The summed E-state index contributed by atoms with van der Waals surface area (Å²) in [4.78, 5) is 4.52. The topological polar surface area (TPSA) is 42.3 Å². The number of hydrogen-bond donors (Lipinski definition) is 1. The van der Waals surface area contributed by atoms with Gasteiger partial charge in [0.2, 0.25) is 5.88 Å². The third-order valence-corrected chi connectivity index (χ3v) is 3.17. The summed E-state index contributed by atoms with van der Waals surface area (Å²) in [5, 5.41) is 3.17. The number of benzene rings is 1. The van der Waals surface area contributed by atoms with Crippen LogP contribution in [0.2, 0.25) is 0 Å². The average molecular weight is 280 g/mol. The van der Waals surface area contributed by atoms with E-state index in [1.165, 1.54) is 0 Å². The fourth-order valence-corrected chi connectivity index (χ4v) is 2.25. The van der Waals surface area contributed by atoms with Crippen LogP contribution in [0.25, 0.3) is 16.7 Å². The lowest BCUT2D eigenvalue weighted by molar-refractivity contribution is 0.323. The van der Waals surface area contributed by atoms with Gasteiger partial charge in [-0.2, -0.15) is 0 Å². The molecule has 82 valence electrons. The molecule has 3 aromatic rings. The van der Waals surface area contributed by atoms with Crippen molar-refractivity contribution in [3.05, 3.63) is 28.7 Å². The van der Waals surface area contributed by atoms with Gasteiger partial charge in [-0.3, -0.25) is 5.10 Å². The standard InChI is InChI=1S/C11H10BrN3O/c1-2-16-11-9(12)10-13-7-5-3-4-6-8(7)15(10)14-11/h3-6,14H,2H2,1H3. The summed E-state index contributed by atoms with van der Waals surface area (Å²) in [7, 11) is 0. The number of aromatic nitrogens is 3. The van der Waals surface area contributed by atoms with Gasteiger partial charge in [0.1, 0.15) is 4.47 Å². The van der Waals surface area contributed by atoms with Crippen LogP contribution in [0.5, 0.6) is 5.88 Å². The van der Waals surface area contributed by atoms with Gasteiger partial charge in [-0.25, -0.2) is 9.50 Å². The lowest BCUT2D eigenvalue weighted by Crippen LogP contribution is -1.93. The molecule has 0 fully saturated rings. The first-order valence-corrected chi connectivity index (χ1v) is 5.88. The Morgan fingerprint density at radius 2 is 2.25 bits per heavy atom. The van der Waals surface area contributed by atoms with Crippen LogP contribution >= 0.6 is 15.9 Å². The molecular weight excluding hydrogens is 270 g/mol. The third kappa shape index (κ3) is 1.24. The number of nitrogens with zero attached hydrogens (tertiary/aromatic N) is 2. The van der Waals surface area contributed by atoms with Crippen LogP contribution in [-0.2, 0) is 0 Å². The highest BCUT2D eigenvalue weighted by Crippen LogP contribution is 2.30. The minimum atomic E-state index is 0.625. The van der Waals surface area contributed by atoms with Gasteiger partial charge in [0.25, 0.3) is 0 Å². The van der Waals surface area contributed by atoms with E-state index in [-0.39, 0.29) is 0 Å². The van der Waals surface area contributed by atoms with Crippen molar-refractivity contribution in [2.24, 2.45) is 0 Å². The van der Waals surface area contributed by atoms with E-state index >= 15 is 0 Å². The number of halogens is 1. The highest BCUT2D eigenvalue weighted by atomic mass is 79.9. The van der Waals surface area contributed by atoms with Gasteiger partial charge in [-0.05, 0) is 35.0 Å². The first-order chi connectivity index (χ1) is 7.81. The lowest BCUT2D eigenvalue weighted by Gasteiger charge is -1.98. The van der Waals surface area contributed by atoms with E-state index in [1.807, 2.05) is 35.7 Å². The van der Waals surface area contributed by atoms with Gasteiger partial charge in [0.05, 0.1) is 17.6 Å². The number of hydrogen-bond acceptors (Lipinski definition) is 2. The zero-order chi connectivity index (χ0) is 11.1. The molecule has 3 rings (SSSR count). The van der Waals surface area contributed by atoms with Crippen molar-refractivity contribution in [1.29, 1.82) is 0 Å². The lowest BCUT2D eigenvalue weighted by atomic mass is 10.3. The Labute approximate surface area is 100 Å². The molecule has 0 amide bonds. The summed E-state index contributed by atoms with van der Waals surface area (Å²) in [6.07, 6.45) is 0. The molecule has 0 saturated carbocycles. The van der Waals surface area contributed by atoms with Crippen LogP contribution in [0.3, 0.4) is 0 Å². The van der Waals surface area contributed by atoms with Crippen LogP contribution in [0.1, 0.15) is 6.92 Å².